The quantitative estimate of drug-likeness (QED) is 0.405. The van der Waals surface area contributed by atoms with Gasteiger partial charge in [-0.2, -0.15) is 5.10 Å². The summed E-state index contributed by atoms with van der Waals surface area (Å²) in [6.07, 6.45) is 1.88. The monoisotopic (exact) mass is 475 g/mol. The van der Waals surface area contributed by atoms with Crippen LogP contribution >= 0.6 is 0 Å². The van der Waals surface area contributed by atoms with Gasteiger partial charge in [0, 0.05) is 24.6 Å². The van der Waals surface area contributed by atoms with Gasteiger partial charge in [0.1, 0.15) is 12.4 Å². The summed E-state index contributed by atoms with van der Waals surface area (Å²) in [5.41, 5.74) is 3.59. The molecule has 1 aromatic heterocycles. The molecule has 0 aliphatic rings. The average molecular weight is 476 g/mol. The fourth-order valence-electron chi connectivity index (χ4n) is 3.66. The zero-order valence-electron chi connectivity index (χ0n) is 21.5. The number of amides is 3. The Morgan fingerprint density at radius 3 is 2.37 bits per heavy atom. The van der Waals surface area contributed by atoms with Gasteiger partial charge in [0.2, 0.25) is 5.91 Å². The van der Waals surface area contributed by atoms with E-state index in [9.17, 15) is 9.59 Å². The number of benzene rings is 2. The summed E-state index contributed by atoms with van der Waals surface area (Å²) in [4.78, 5) is 27.6. The van der Waals surface area contributed by atoms with Gasteiger partial charge in [0.15, 0.2) is 0 Å². The number of nitrogens with one attached hydrogen (secondary N) is 2. The maximum atomic E-state index is 13.2. The van der Waals surface area contributed by atoms with Gasteiger partial charge in [-0.1, -0.05) is 82.6 Å². The molecule has 7 heteroatoms. The Balaban J connectivity index is 1.83. The second-order valence-corrected chi connectivity index (χ2v) is 9.84. The largest absolute Gasteiger partial charge is 0.338 e. The lowest BCUT2D eigenvalue weighted by atomic mass is 9.92. The minimum atomic E-state index is -0.276. The predicted molar refractivity (Wildman–Crippen MR) is 141 cm³/mol. The number of unbranched alkanes of at least 4 members (excludes halogenated alkanes) is 1. The highest BCUT2D eigenvalue weighted by Crippen LogP contribution is 2.27. The molecule has 0 fully saturated rings. The van der Waals surface area contributed by atoms with Gasteiger partial charge in [-0.15, -0.1) is 0 Å². The van der Waals surface area contributed by atoms with Crippen LogP contribution in [-0.4, -0.2) is 39.7 Å². The lowest BCUT2D eigenvalue weighted by molar-refractivity contribution is -0.116. The smallest absolute Gasteiger partial charge is 0.318 e. The summed E-state index contributed by atoms with van der Waals surface area (Å²) in [6.45, 7) is 11.2. The molecule has 0 aliphatic carbocycles. The number of rotatable bonds is 9. The van der Waals surface area contributed by atoms with Crippen molar-refractivity contribution in [2.24, 2.45) is 0 Å². The van der Waals surface area contributed by atoms with Crippen LogP contribution in [0.1, 0.15) is 57.4 Å². The molecule has 3 aromatic rings. The van der Waals surface area contributed by atoms with E-state index >= 15 is 0 Å². The molecule has 0 bridgehead atoms. The minimum Gasteiger partial charge on any atom is -0.338 e. The molecule has 0 saturated heterocycles. The summed E-state index contributed by atoms with van der Waals surface area (Å²) >= 11 is 0. The first-order chi connectivity index (χ1) is 16.7. The van der Waals surface area contributed by atoms with Crippen molar-refractivity contribution >= 4 is 17.8 Å². The Morgan fingerprint density at radius 2 is 1.71 bits per heavy atom. The lowest BCUT2D eigenvalue weighted by Gasteiger charge is -2.23. The molecule has 0 spiro atoms. The normalized spacial score (nSPS) is 11.2. The second kappa shape index (κ2) is 11.7. The number of hydrogen-bond acceptors (Lipinski definition) is 3. The van der Waals surface area contributed by atoms with Crippen LogP contribution in [0.4, 0.5) is 10.6 Å². The van der Waals surface area contributed by atoms with E-state index in [4.69, 9.17) is 5.10 Å². The molecular formula is C28H37N5O2. The van der Waals surface area contributed by atoms with E-state index in [1.54, 1.807) is 9.58 Å². The molecule has 0 saturated carbocycles. The van der Waals surface area contributed by atoms with Crippen LogP contribution in [0.3, 0.4) is 0 Å². The molecule has 0 atom stereocenters. The summed E-state index contributed by atoms with van der Waals surface area (Å²) in [5, 5.41) is 10.7. The van der Waals surface area contributed by atoms with Crippen LogP contribution in [0.5, 0.6) is 0 Å². The summed E-state index contributed by atoms with van der Waals surface area (Å²) in [5.74, 6) is 0.307. The van der Waals surface area contributed by atoms with Crippen molar-refractivity contribution in [3.8, 4) is 5.69 Å². The van der Waals surface area contributed by atoms with Gasteiger partial charge in [-0.3, -0.25) is 4.79 Å². The number of anilines is 1. The van der Waals surface area contributed by atoms with Gasteiger partial charge in [-0.05, 0) is 30.5 Å². The number of para-hydroxylation sites is 1. The number of hydrogen-bond donors (Lipinski definition) is 2. The summed E-state index contributed by atoms with van der Waals surface area (Å²) < 4.78 is 1.77. The van der Waals surface area contributed by atoms with Crippen molar-refractivity contribution in [3.05, 3.63) is 77.5 Å². The van der Waals surface area contributed by atoms with Crippen molar-refractivity contribution in [2.75, 3.05) is 18.4 Å². The van der Waals surface area contributed by atoms with Gasteiger partial charge in [0.05, 0.1) is 11.4 Å². The van der Waals surface area contributed by atoms with E-state index in [1.165, 1.54) is 0 Å². The molecule has 2 N–H and O–H groups in total. The summed E-state index contributed by atoms with van der Waals surface area (Å²) in [7, 11) is 0. The molecule has 1 heterocycles. The Morgan fingerprint density at radius 1 is 1.03 bits per heavy atom. The maximum Gasteiger partial charge on any atom is 0.318 e. The number of urea groups is 1. The first kappa shape index (κ1) is 26.0. The van der Waals surface area contributed by atoms with Gasteiger partial charge >= 0.3 is 6.03 Å². The van der Waals surface area contributed by atoms with Gasteiger partial charge in [0.25, 0.3) is 0 Å². The third kappa shape index (κ3) is 7.18. The SMILES string of the molecule is CCCCNC(=O)N(CC(=O)Nc1cc(C(C)(C)C)nn1-c1ccccc1C)Cc1ccccc1. The van der Waals surface area contributed by atoms with E-state index in [2.05, 4.69) is 38.3 Å². The number of aryl methyl sites for hydroxylation is 1. The average Bonchev–Trinajstić information content (AvgIpc) is 3.23. The highest BCUT2D eigenvalue weighted by molar-refractivity contribution is 5.94. The Hall–Kier alpha value is -3.61. The molecule has 7 nitrogen and oxygen atoms in total. The third-order valence-corrected chi connectivity index (χ3v) is 5.73. The van der Waals surface area contributed by atoms with E-state index in [1.807, 2.05) is 67.6 Å². The number of aromatic nitrogens is 2. The fraction of sp³-hybridized carbons (Fsp3) is 0.393. The van der Waals surface area contributed by atoms with E-state index in [0.29, 0.717) is 18.9 Å². The molecule has 186 valence electrons. The van der Waals surface area contributed by atoms with Gasteiger partial charge < -0.3 is 15.5 Å². The molecule has 0 aliphatic heterocycles. The first-order valence-corrected chi connectivity index (χ1v) is 12.2. The molecular weight excluding hydrogens is 438 g/mol. The van der Waals surface area contributed by atoms with Crippen LogP contribution in [0, 0.1) is 6.92 Å². The number of carbonyl (C=O) groups excluding carboxylic acids is 2. The fourth-order valence-corrected chi connectivity index (χ4v) is 3.66. The van der Waals surface area contributed by atoms with E-state index in [0.717, 1.165) is 35.3 Å². The Bertz CT molecular complexity index is 1130. The Kier molecular flexibility index (Phi) is 8.68. The highest BCUT2D eigenvalue weighted by atomic mass is 16.2. The van der Waals surface area contributed by atoms with Crippen LogP contribution in [0.25, 0.3) is 5.69 Å². The lowest BCUT2D eigenvalue weighted by Crippen LogP contribution is -2.44. The topological polar surface area (TPSA) is 79.3 Å². The van der Waals surface area contributed by atoms with E-state index < -0.39 is 0 Å². The van der Waals surface area contributed by atoms with Crippen molar-refractivity contribution < 1.29 is 9.59 Å². The molecule has 2 aromatic carbocycles. The maximum absolute atomic E-state index is 13.2. The Labute approximate surface area is 208 Å². The second-order valence-electron chi connectivity index (χ2n) is 9.84. The molecule has 0 radical (unpaired) electrons. The molecule has 0 unspecified atom stereocenters. The van der Waals surface area contributed by atoms with Crippen LogP contribution in [0.2, 0.25) is 0 Å². The van der Waals surface area contributed by atoms with Crippen LogP contribution < -0.4 is 10.6 Å². The number of nitrogens with zero attached hydrogens (tertiary/aromatic N) is 3. The standard InChI is InChI=1S/C28H37N5O2/c1-6-7-17-29-27(35)32(19-22-14-9-8-10-15-22)20-26(34)30-25-18-24(28(3,4)5)31-33(25)23-16-12-11-13-21(23)2/h8-16,18H,6-7,17,19-20H2,1-5H3,(H,29,35)(H,30,34). The predicted octanol–water partition coefficient (Wildman–Crippen LogP) is 5.43. The van der Waals surface area contributed by atoms with Crippen molar-refractivity contribution in [2.45, 2.75) is 59.4 Å². The van der Waals surface area contributed by atoms with E-state index in [-0.39, 0.29) is 23.9 Å². The van der Waals surface area contributed by atoms with Crippen molar-refractivity contribution in [1.82, 2.24) is 20.0 Å². The van der Waals surface area contributed by atoms with Crippen LogP contribution in [0.15, 0.2) is 60.7 Å². The minimum absolute atomic E-state index is 0.0728. The first-order valence-electron chi connectivity index (χ1n) is 12.2. The van der Waals surface area contributed by atoms with Crippen molar-refractivity contribution in [3.63, 3.8) is 0 Å². The summed E-state index contributed by atoms with van der Waals surface area (Å²) in [6, 6.07) is 19.3. The zero-order chi connectivity index (χ0) is 25.4. The third-order valence-electron chi connectivity index (χ3n) is 5.73. The van der Waals surface area contributed by atoms with Crippen molar-refractivity contribution in [1.29, 1.82) is 0 Å². The number of carbonyl (C=O) groups is 2. The molecule has 3 amide bonds. The zero-order valence-corrected chi connectivity index (χ0v) is 21.5. The molecule has 35 heavy (non-hydrogen) atoms. The molecule has 3 rings (SSSR count). The highest BCUT2D eigenvalue weighted by Gasteiger charge is 2.23. The van der Waals surface area contributed by atoms with Crippen LogP contribution in [-0.2, 0) is 16.8 Å². The van der Waals surface area contributed by atoms with Gasteiger partial charge in [-0.25, -0.2) is 9.48 Å².